The summed E-state index contributed by atoms with van der Waals surface area (Å²) in [6.07, 6.45) is 5.40. The smallest absolute Gasteiger partial charge is 0.137 e. The standard InChI is InChI=1S/C12H13N3O/c1-8-9(2)13-6-11(12(8)16-4)10-5-14-15(3)7-10/h5-7H,1-2H2,3-4H3. The van der Waals surface area contributed by atoms with Gasteiger partial charge < -0.3 is 4.74 Å². The topological polar surface area (TPSA) is 39.9 Å². The normalized spacial score (nSPS) is 10.4. The van der Waals surface area contributed by atoms with Crippen LogP contribution in [0.15, 0.2) is 18.6 Å². The van der Waals surface area contributed by atoms with E-state index in [0.29, 0.717) is 16.3 Å². The van der Waals surface area contributed by atoms with Crippen LogP contribution in [0.2, 0.25) is 0 Å². The molecule has 0 aliphatic carbocycles. The molecule has 16 heavy (non-hydrogen) atoms. The molecule has 0 amide bonds. The summed E-state index contributed by atoms with van der Waals surface area (Å²) in [5, 5.41) is 5.46. The van der Waals surface area contributed by atoms with E-state index in [0.717, 1.165) is 11.1 Å². The van der Waals surface area contributed by atoms with Crippen LogP contribution in [0, 0.1) is 0 Å². The first-order chi connectivity index (χ1) is 7.63. The minimum absolute atomic E-state index is 0.629. The van der Waals surface area contributed by atoms with Gasteiger partial charge in [0.2, 0.25) is 0 Å². The summed E-state index contributed by atoms with van der Waals surface area (Å²) in [7, 11) is 3.48. The fourth-order valence-corrected chi connectivity index (χ4v) is 1.57. The second kappa shape index (κ2) is 3.81. The first-order valence-electron chi connectivity index (χ1n) is 4.83. The lowest BCUT2D eigenvalue weighted by Gasteiger charge is -2.06. The largest absolute Gasteiger partial charge is 0.495 e. The van der Waals surface area contributed by atoms with E-state index in [9.17, 15) is 0 Å². The van der Waals surface area contributed by atoms with Crippen molar-refractivity contribution in [2.45, 2.75) is 0 Å². The number of aromatic nitrogens is 3. The fraction of sp³-hybridized carbons (Fsp3) is 0.167. The van der Waals surface area contributed by atoms with Gasteiger partial charge in [0.05, 0.1) is 18.7 Å². The fourth-order valence-electron chi connectivity index (χ4n) is 1.57. The Bertz CT molecular complexity index is 616. The molecule has 2 heterocycles. The van der Waals surface area contributed by atoms with Crippen LogP contribution in [-0.2, 0) is 7.05 Å². The van der Waals surface area contributed by atoms with Crippen LogP contribution in [0.1, 0.15) is 0 Å². The van der Waals surface area contributed by atoms with Crippen molar-refractivity contribution >= 4 is 13.2 Å². The molecule has 0 aliphatic rings. The maximum atomic E-state index is 5.34. The predicted octanol–water partition coefficient (Wildman–Crippen LogP) is 0.311. The zero-order valence-corrected chi connectivity index (χ0v) is 9.40. The van der Waals surface area contributed by atoms with Crippen molar-refractivity contribution in [1.82, 2.24) is 14.8 Å². The Morgan fingerprint density at radius 3 is 2.62 bits per heavy atom. The van der Waals surface area contributed by atoms with E-state index in [2.05, 4.69) is 23.2 Å². The molecule has 82 valence electrons. The molecular weight excluding hydrogens is 202 g/mol. The van der Waals surface area contributed by atoms with Gasteiger partial charge in [0.1, 0.15) is 5.75 Å². The minimum Gasteiger partial charge on any atom is -0.495 e. The summed E-state index contributed by atoms with van der Waals surface area (Å²) in [4.78, 5) is 4.18. The van der Waals surface area contributed by atoms with Crippen molar-refractivity contribution in [2.75, 3.05) is 7.11 Å². The molecule has 4 heteroatoms. The Morgan fingerprint density at radius 2 is 2.06 bits per heavy atom. The molecule has 0 atom stereocenters. The van der Waals surface area contributed by atoms with Crippen LogP contribution in [0.5, 0.6) is 5.75 Å². The Balaban J connectivity index is 2.71. The first kappa shape index (κ1) is 10.4. The van der Waals surface area contributed by atoms with Crippen molar-refractivity contribution in [3.63, 3.8) is 0 Å². The molecule has 0 fully saturated rings. The Morgan fingerprint density at radius 1 is 1.31 bits per heavy atom. The Hall–Kier alpha value is -2.10. The van der Waals surface area contributed by atoms with Gasteiger partial charge in [-0.3, -0.25) is 9.67 Å². The lowest BCUT2D eigenvalue weighted by atomic mass is 10.1. The van der Waals surface area contributed by atoms with Gasteiger partial charge >= 0.3 is 0 Å². The summed E-state index contributed by atoms with van der Waals surface area (Å²) in [6.45, 7) is 7.70. The number of aryl methyl sites for hydroxylation is 1. The third-order valence-corrected chi connectivity index (χ3v) is 2.44. The van der Waals surface area contributed by atoms with Gasteiger partial charge in [0, 0.05) is 35.8 Å². The summed E-state index contributed by atoms with van der Waals surface area (Å²) >= 11 is 0. The molecular formula is C12H13N3O. The van der Waals surface area contributed by atoms with Gasteiger partial charge in [-0.25, -0.2) is 0 Å². The van der Waals surface area contributed by atoms with Crippen LogP contribution in [0.25, 0.3) is 24.3 Å². The molecule has 0 bridgehead atoms. The zero-order valence-electron chi connectivity index (χ0n) is 9.40. The maximum absolute atomic E-state index is 5.34. The summed E-state index contributed by atoms with van der Waals surface area (Å²) < 4.78 is 7.07. The first-order valence-corrected chi connectivity index (χ1v) is 4.83. The van der Waals surface area contributed by atoms with Crippen LogP contribution < -0.4 is 15.3 Å². The van der Waals surface area contributed by atoms with Crippen molar-refractivity contribution in [1.29, 1.82) is 0 Å². The molecule has 0 saturated carbocycles. The van der Waals surface area contributed by atoms with E-state index in [4.69, 9.17) is 4.74 Å². The third kappa shape index (κ3) is 1.58. The number of hydrogen-bond acceptors (Lipinski definition) is 3. The molecule has 2 aromatic rings. The van der Waals surface area contributed by atoms with Crippen molar-refractivity contribution in [2.24, 2.45) is 7.05 Å². The van der Waals surface area contributed by atoms with Crippen molar-refractivity contribution in [3.05, 3.63) is 29.2 Å². The summed E-state index contributed by atoms with van der Waals surface area (Å²) in [6, 6.07) is 0. The summed E-state index contributed by atoms with van der Waals surface area (Å²) in [5.74, 6) is 0.702. The summed E-state index contributed by atoms with van der Waals surface area (Å²) in [5.41, 5.74) is 1.84. The molecule has 0 saturated heterocycles. The molecule has 0 aliphatic heterocycles. The van der Waals surface area contributed by atoms with Crippen LogP contribution in [-0.4, -0.2) is 21.9 Å². The molecule has 2 aromatic heterocycles. The number of rotatable bonds is 2. The zero-order chi connectivity index (χ0) is 11.7. The van der Waals surface area contributed by atoms with Gasteiger partial charge in [-0.05, 0) is 0 Å². The molecule has 0 radical (unpaired) electrons. The van der Waals surface area contributed by atoms with Crippen molar-refractivity contribution < 1.29 is 4.74 Å². The highest BCUT2D eigenvalue weighted by Gasteiger charge is 2.09. The molecule has 0 unspecified atom stereocenters. The maximum Gasteiger partial charge on any atom is 0.137 e. The minimum atomic E-state index is 0.629. The monoisotopic (exact) mass is 215 g/mol. The predicted molar refractivity (Wildman–Crippen MR) is 63.3 cm³/mol. The SMILES string of the molecule is C=c1ncc(-c2cnn(C)c2)c(OC)c1=C. The number of nitrogens with zero attached hydrogens (tertiary/aromatic N) is 3. The van der Waals surface area contributed by atoms with E-state index in [1.165, 1.54) is 0 Å². The van der Waals surface area contributed by atoms with Crippen LogP contribution >= 0.6 is 0 Å². The van der Waals surface area contributed by atoms with Gasteiger partial charge in [-0.15, -0.1) is 0 Å². The second-order valence-electron chi connectivity index (χ2n) is 3.53. The molecule has 0 N–H and O–H groups in total. The lowest BCUT2D eigenvalue weighted by molar-refractivity contribution is 0.412. The van der Waals surface area contributed by atoms with E-state index in [1.54, 1.807) is 24.2 Å². The van der Waals surface area contributed by atoms with E-state index < -0.39 is 0 Å². The lowest BCUT2D eigenvalue weighted by Crippen LogP contribution is -2.27. The number of methoxy groups -OCH3 is 1. The highest BCUT2D eigenvalue weighted by atomic mass is 16.5. The van der Waals surface area contributed by atoms with E-state index in [1.807, 2.05) is 13.2 Å². The average Bonchev–Trinajstić information content (AvgIpc) is 2.68. The average molecular weight is 215 g/mol. The molecule has 4 nitrogen and oxygen atoms in total. The van der Waals surface area contributed by atoms with Gasteiger partial charge in [-0.2, -0.15) is 5.10 Å². The quantitative estimate of drug-likeness (QED) is 0.724. The number of pyridine rings is 1. The number of hydrogen-bond donors (Lipinski definition) is 0. The number of ether oxygens (including phenoxy) is 1. The third-order valence-electron chi connectivity index (χ3n) is 2.44. The second-order valence-corrected chi connectivity index (χ2v) is 3.53. The van der Waals surface area contributed by atoms with E-state index >= 15 is 0 Å². The Kier molecular flexibility index (Phi) is 2.48. The highest BCUT2D eigenvalue weighted by Crippen LogP contribution is 2.24. The molecule has 0 aromatic carbocycles. The molecule has 0 spiro atoms. The highest BCUT2D eigenvalue weighted by molar-refractivity contribution is 5.68. The van der Waals surface area contributed by atoms with Crippen LogP contribution in [0.3, 0.4) is 0 Å². The Labute approximate surface area is 93.5 Å². The van der Waals surface area contributed by atoms with Gasteiger partial charge in [-0.1, -0.05) is 13.2 Å². The molecule has 2 rings (SSSR count). The van der Waals surface area contributed by atoms with Crippen LogP contribution in [0.4, 0.5) is 0 Å². The van der Waals surface area contributed by atoms with E-state index in [-0.39, 0.29) is 0 Å². The van der Waals surface area contributed by atoms with Gasteiger partial charge in [0.15, 0.2) is 0 Å². The van der Waals surface area contributed by atoms with Gasteiger partial charge in [0.25, 0.3) is 0 Å². The van der Waals surface area contributed by atoms with Crippen molar-refractivity contribution in [3.8, 4) is 16.9 Å².